The molecule has 6 heteroatoms. The van der Waals surface area contributed by atoms with Gasteiger partial charge in [-0.2, -0.15) is 0 Å². The number of hydrogen-bond donors (Lipinski definition) is 0. The summed E-state index contributed by atoms with van der Waals surface area (Å²) < 4.78 is 15.8. The average molecular weight is 373 g/mol. The number of carbonyl (C=O) groups is 3. The van der Waals surface area contributed by atoms with Crippen molar-refractivity contribution in [1.29, 1.82) is 0 Å². The second-order valence-electron chi connectivity index (χ2n) is 6.48. The van der Waals surface area contributed by atoms with Gasteiger partial charge in [0.05, 0.1) is 19.8 Å². The molecule has 0 heterocycles. The minimum atomic E-state index is -2.01. The monoisotopic (exact) mass is 372 g/mol. The van der Waals surface area contributed by atoms with Gasteiger partial charge in [0.15, 0.2) is 0 Å². The zero-order valence-electron chi connectivity index (χ0n) is 16.9. The fraction of sp³-hybridized carbons (Fsp3) is 0.850. The molecule has 0 rings (SSSR count). The Kier molecular flexibility index (Phi) is 13.7. The van der Waals surface area contributed by atoms with Crippen LogP contribution in [0.1, 0.15) is 85.5 Å². The first-order valence-corrected chi connectivity index (χ1v) is 10.0. The van der Waals surface area contributed by atoms with Crippen molar-refractivity contribution in [2.45, 2.75) is 85.5 Å². The molecule has 0 spiro atoms. The molecule has 0 aromatic heterocycles. The number of rotatable bonds is 15. The lowest BCUT2D eigenvalue weighted by Gasteiger charge is -2.27. The maximum absolute atomic E-state index is 12.8. The predicted molar refractivity (Wildman–Crippen MR) is 99.6 cm³/mol. The van der Waals surface area contributed by atoms with Crippen LogP contribution in [0.4, 0.5) is 0 Å². The standard InChI is InChI=1S/C20H36O6/c1-5-9-13-20(17(21)24-14-10-6-2,18(22)25-15-11-7-3)19(23)26-16-12-8-4/h5-16H2,1-4H3. The van der Waals surface area contributed by atoms with Crippen LogP contribution in [0.3, 0.4) is 0 Å². The first-order chi connectivity index (χ1) is 12.5. The predicted octanol–water partition coefficient (Wildman–Crippen LogP) is 4.19. The van der Waals surface area contributed by atoms with Crippen molar-refractivity contribution in [1.82, 2.24) is 0 Å². The third-order valence-corrected chi connectivity index (χ3v) is 4.14. The van der Waals surface area contributed by atoms with E-state index < -0.39 is 23.3 Å². The van der Waals surface area contributed by atoms with Gasteiger partial charge in [-0.3, -0.25) is 14.4 Å². The highest BCUT2D eigenvalue weighted by Crippen LogP contribution is 2.31. The van der Waals surface area contributed by atoms with Crippen LogP contribution in [0.5, 0.6) is 0 Å². The molecule has 0 amide bonds. The summed E-state index contributed by atoms with van der Waals surface area (Å²) in [6.45, 7) is 8.36. The van der Waals surface area contributed by atoms with E-state index >= 15 is 0 Å². The maximum atomic E-state index is 12.8. The van der Waals surface area contributed by atoms with Crippen molar-refractivity contribution in [3.63, 3.8) is 0 Å². The Morgan fingerprint density at radius 2 is 0.885 bits per heavy atom. The van der Waals surface area contributed by atoms with Gasteiger partial charge in [-0.15, -0.1) is 0 Å². The molecule has 26 heavy (non-hydrogen) atoms. The molecular weight excluding hydrogens is 336 g/mol. The molecule has 0 aromatic carbocycles. The molecule has 0 bridgehead atoms. The zero-order chi connectivity index (χ0) is 19.8. The summed E-state index contributed by atoms with van der Waals surface area (Å²) in [6, 6.07) is 0. The molecule has 0 aromatic rings. The lowest BCUT2D eigenvalue weighted by molar-refractivity contribution is -0.185. The molecule has 0 aliphatic heterocycles. The Morgan fingerprint density at radius 3 is 1.15 bits per heavy atom. The number of unbranched alkanes of at least 4 members (excludes halogenated alkanes) is 4. The second kappa shape index (κ2) is 14.6. The molecule has 0 N–H and O–H groups in total. The summed E-state index contributed by atoms with van der Waals surface area (Å²) in [5.74, 6) is -2.54. The smallest absolute Gasteiger partial charge is 0.335 e. The summed E-state index contributed by atoms with van der Waals surface area (Å²) >= 11 is 0. The van der Waals surface area contributed by atoms with Crippen LogP contribution in [-0.2, 0) is 28.6 Å². The lowest BCUT2D eigenvalue weighted by atomic mass is 9.82. The Bertz CT molecular complexity index is 363. The van der Waals surface area contributed by atoms with Crippen LogP contribution in [-0.4, -0.2) is 37.7 Å². The van der Waals surface area contributed by atoms with E-state index in [1.807, 2.05) is 27.7 Å². The highest BCUT2D eigenvalue weighted by molar-refractivity contribution is 6.17. The van der Waals surface area contributed by atoms with Crippen molar-refractivity contribution >= 4 is 17.9 Å². The average Bonchev–Trinajstić information content (AvgIpc) is 2.63. The molecule has 0 saturated heterocycles. The van der Waals surface area contributed by atoms with E-state index in [-0.39, 0.29) is 26.2 Å². The van der Waals surface area contributed by atoms with Gasteiger partial charge >= 0.3 is 17.9 Å². The van der Waals surface area contributed by atoms with Gasteiger partial charge in [-0.1, -0.05) is 59.8 Å². The van der Waals surface area contributed by atoms with Crippen LogP contribution in [0, 0.1) is 5.41 Å². The van der Waals surface area contributed by atoms with Crippen molar-refractivity contribution in [3.8, 4) is 0 Å². The summed E-state index contributed by atoms with van der Waals surface area (Å²) in [6.07, 6.45) is 5.85. The Labute approximate surface area is 157 Å². The lowest BCUT2D eigenvalue weighted by Crippen LogP contribution is -2.49. The van der Waals surface area contributed by atoms with Gasteiger partial charge in [0.1, 0.15) is 0 Å². The minimum absolute atomic E-state index is 0.0460. The quantitative estimate of drug-likeness (QED) is 0.186. The third-order valence-electron chi connectivity index (χ3n) is 4.14. The molecule has 0 radical (unpaired) electrons. The summed E-state index contributed by atoms with van der Waals surface area (Å²) in [4.78, 5) is 38.3. The van der Waals surface area contributed by atoms with Crippen molar-refractivity contribution < 1.29 is 28.6 Å². The third kappa shape index (κ3) is 7.75. The van der Waals surface area contributed by atoms with Crippen molar-refractivity contribution in [2.24, 2.45) is 5.41 Å². The highest BCUT2D eigenvalue weighted by Gasteiger charge is 2.56. The normalized spacial score (nSPS) is 11.1. The molecule has 0 atom stereocenters. The molecule has 0 unspecified atom stereocenters. The van der Waals surface area contributed by atoms with E-state index in [1.165, 1.54) is 0 Å². The van der Waals surface area contributed by atoms with Gasteiger partial charge in [0.2, 0.25) is 0 Å². The SMILES string of the molecule is CCCCOC(=O)C(CCCC)(C(=O)OCCCC)C(=O)OCCCC. The molecular formula is C20H36O6. The maximum Gasteiger partial charge on any atom is 0.335 e. The molecule has 0 aliphatic rings. The molecule has 0 aliphatic carbocycles. The van der Waals surface area contributed by atoms with Gasteiger partial charge in [0, 0.05) is 0 Å². The summed E-state index contributed by atoms with van der Waals surface area (Å²) in [5, 5.41) is 0. The van der Waals surface area contributed by atoms with Gasteiger partial charge in [-0.05, 0) is 25.7 Å². The Hall–Kier alpha value is -1.59. The number of esters is 3. The zero-order valence-corrected chi connectivity index (χ0v) is 16.9. The van der Waals surface area contributed by atoms with E-state index in [1.54, 1.807) is 0 Å². The first kappa shape index (κ1) is 24.4. The van der Waals surface area contributed by atoms with Crippen LogP contribution >= 0.6 is 0 Å². The molecule has 0 saturated carbocycles. The van der Waals surface area contributed by atoms with E-state index in [2.05, 4.69) is 0 Å². The molecule has 6 nitrogen and oxygen atoms in total. The van der Waals surface area contributed by atoms with E-state index in [9.17, 15) is 14.4 Å². The Morgan fingerprint density at radius 1 is 0.577 bits per heavy atom. The van der Waals surface area contributed by atoms with Crippen molar-refractivity contribution in [2.75, 3.05) is 19.8 Å². The van der Waals surface area contributed by atoms with E-state index in [0.717, 1.165) is 25.7 Å². The number of hydrogen-bond acceptors (Lipinski definition) is 6. The largest absolute Gasteiger partial charge is 0.464 e. The van der Waals surface area contributed by atoms with E-state index in [4.69, 9.17) is 14.2 Å². The van der Waals surface area contributed by atoms with Gasteiger partial charge in [0.25, 0.3) is 5.41 Å². The van der Waals surface area contributed by atoms with Crippen LogP contribution in [0.15, 0.2) is 0 Å². The highest BCUT2D eigenvalue weighted by atomic mass is 16.6. The van der Waals surface area contributed by atoms with Crippen molar-refractivity contribution in [3.05, 3.63) is 0 Å². The number of ether oxygens (including phenoxy) is 3. The first-order valence-electron chi connectivity index (χ1n) is 10.0. The van der Waals surface area contributed by atoms with Crippen LogP contribution < -0.4 is 0 Å². The van der Waals surface area contributed by atoms with E-state index in [0.29, 0.717) is 25.7 Å². The summed E-state index contributed by atoms with van der Waals surface area (Å²) in [5.41, 5.74) is -2.01. The van der Waals surface area contributed by atoms with Gasteiger partial charge < -0.3 is 14.2 Å². The van der Waals surface area contributed by atoms with Crippen LogP contribution in [0.2, 0.25) is 0 Å². The second-order valence-corrected chi connectivity index (χ2v) is 6.48. The molecule has 152 valence electrons. The number of carbonyl (C=O) groups excluding carboxylic acids is 3. The summed E-state index contributed by atoms with van der Waals surface area (Å²) in [7, 11) is 0. The fourth-order valence-corrected chi connectivity index (χ4v) is 2.30. The van der Waals surface area contributed by atoms with Gasteiger partial charge in [-0.25, -0.2) is 0 Å². The minimum Gasteiger partial charge on any atom is -0.464 e. The molecule has 0 fully saturated rings. The van der Waals surface area contributed by atoms with Crippen LogP contribution in [0.25, 0.3) is 0 Å². The topological polar surface area (TPSA) is 78.9 Å². The Balaban J connectivity index is 5.48. The fourth-order valence-electron chi connectivity index (χ4n) is 2.30.